The molecule has 0 aromatic rings. The zero-order chi connectivity index (χ0) is 4.71. The molecule has 0 aliphatic rings. The minimum absolute atomic E-state index is 0. The van der Waals surface area contributed by atoms with Crippen molar-refractivity contribution in [1.82, 2.24) is 0 Å². The van der Waals surface area contributed by atoms with Crippen LogP contribution >= 0.6 is 0 Å². The predicted octanol–water partition coefficient (Wildman–Crippen LogP) is 1.92. The van der Waals surface area contributed by atoms with E-state index in [-0.39, 0.29) is 28.5 Å². The summed E-state index contributed by atoms with van der Waals surface area (Å²) in [6.45, 7) is 0. The number of hydrogen-bond acceptors (Lipinski definition) is 0. The molecule has 3 heteroatoms. The first-order valence-corrected chi connectivity index (χ1v) is 1.39. The molecule has 0 aromatic carbocycles. The average molecular weight is 274 g/mol. The summed E-state index contributed by atoms with van der Waals surface area (Å²) < 4.78 is 0. The van der Waals surface area contributed by atoms with Crippen molar-refractivity contribution >= 4 is 0 Å². The van der Waals surface area contributed by atoms with Gasteiger partial charge in [0.15, 0.2) is 0 Å². The third-order valence-corrected chi connectivity index (χ3v) is 0. The summed E-state index contributed by atoms with van der Waals surface area (Å²) in [5, 5.41) is 3.50. The smallest absolute Gasteiger partial charge is 0.680 e. The van der Waals surface area contributed by atoms with Crippen LogP contribution in [-0.2, 0) is 21.1 Å². The van der Waals surface area contributed by atoms with Gasteiger partial charge in [0.25, 0.3) is 0 Å². The summed E-state index contributed by atoms with van der Waals surface area (Å²) in [6, 6.07) is 0. The molecule has 0 aliphatic heterocycles. The van der Waals surface area contributed by atoms with Crippen molar-refractivity contribution in [3.8, 4) is 0 Å². The molecule has 2 nitrogen and oxygen atoms in total. The molecule has 0 unspecified atom stereocenters. The van der Waals surface area contributed by atoms with Crippen LogP contribution in [0.25, 0.3) is 11.1 Å². The molecule has 0 aromatic heterocycles. The summed E-state index contributed by atoms with van der Waals surface area (Å²) >= 11 is 0. The quantitative estimate of drug-likeness (QED) is 0.647. The first-order valence-electron chi connectivity index (χ1n) is 1.39. The van der Waals surface area contributed by atoms with E-state index < -0.39 is 0 Å². The Morgan fingerprint density at radius 3 is 1.14 bits per heavy atom. The molecule has 0 atom stereocenters. The SMILES string of the molecule is C.C[N-]C.C[NH-].[W+2]. The molecule has 0 rings (SSSR count). The van der Waals surface area contributed by atoms with Crippen molar-refractivity contribution in [2.24, 2.45) is 0 Å². The summed E-state index contributed by atoms with van der Waals surface area (Å²) in [7, 11) is 4.75. The van der Waals surface area contributed by atoms with Crippen molar-refractivity contribution in [3.05, 3.63) is 11.1 Å². The molecule has 0 saturated carbocycles. The van der Waals surface area contributed by atoms with Crippen LogP contribution < -0.4 is 0 Å². The molecular weight excluding hydrogens is 260 g/mol. The topological polar surface area (TPSA) is 37.9 Å². The Morgan fingerprint density at radius 2 is 1.14 bits per heavy atom. The number of rotatable bonds is 0. The normalized spacial score (nSPS) is 3.43. The van der Waals surface area contributed by atoms with Gasteiger partial charge in [-0.3, -0.25) is 0 Å². The number of nitrogens with zero attached hydrogens (tertiary/aromatic N) is 1. The van der Waals surface area contributed by atoms with E-state index in [1.54, 1.807) is 14.1 Å². The minimum atomic E-state index is 0. The van der Waals surface area contributed by atoms with Crippen LogP contribution in [0.4, 0.5) is 0 Å². The maximum atomic E-state index is 5.75. The van der Waals surface area contributed by atoms with Gasteiger partial charge in [0.1, 0.15) is 0 Å². The molecular formula is C4H14N2W. The number of hydrogen-bond donors (Lipinski definition) is 0. The first-order chi connectivity index (χ1) is 2.41. The standard InChI is InChI=1S/C2H6N.CH4N.CH4.W/c1-3-2;1-2;;/h1-2H3;2H,1H3;1H4;/q2*-1;;+2. The fourth-order valence-electron chi connectivity index (χ4n) is 0. The zero-order valence-electron chi connectivity index (χ0n) is 4.36. The fourth-order valence-corrected chi connectivity index (χ4v) is 0. The van der Waals surface area contributed by atoms with E-state index in [1.807, 2.05) is 0 Å². The van der Waals surface area contributed by atoms with Crippen LogP contribution in [0.3, 0.4) is 0 Å². The minimum Gasteiger partial charge on any atom is -0.680 e. The molecule has 0 aliphatic carbocycles. The second-order valence-corrected chi connectivity index (χ2v) is 0.447. The summed E-state index contributed by atoms with van der Waals surface area (Å²) in [5.74, 6) is 0. The Labute approximate surface area is 61.1 Å². The third-order valence-electron chi connectivity index (χ3n) is 0. The van der Waals surface area contributed by atoms with E-state index >= 15 is 0 Å². The largest absolute Gasteiger partial charge is 2.00 e. The van der Waals surface area contributed by atoms with Gasteiger partial charge >= 0.3 is 21.1 Å². The Morgan fingerprint density at radius 1 is 1.14 bits per heavy atom. The van der Waals surface area contributed by atoms with E-state index in [2.05, 4.69) is 5.32 Å². The molecule has 0 saturated heterocycles. The van der Waals surface area contributed by atoms with Crippen LogP contribution in [-0.4, -0.2) is 21.1 Å². The van der Waals surface area contributed by atoms with Crippen LogP contribution in [0.5, 0.6) is 0 Å². The van der Waals surface area contributed by atoms with Crippen LogP contribution in [0, 0.1) is 0 Å². The van der Waals surface area contributed by atoms with Crippen molar-refractivity contribution in [2.45, 2.75) is 7.43 Å². The Kier molecular flexibility index (Phi) is 293. The van der Waals surface area contributed by atoms with Gasteiger partial charge in [-0.1, -0.05) is 7.43 Å². The maximum absolute atomic E-state index is 5.75. The van der Waals surface area contributed by atoms with Crippen molar-refractivity contribution in [3.63, 3.8) is 0 Å². The molecule has 0 amide bonds. The van der Waals surface area contributed by atoms with Gasteiger partial charge in [-0.15, -0.1) is 0 Å². The van der Waals surface area contributed by atoms with Gasteiger partial charge in [-0.05, 0) is 0 Å². The first kappa shape index (κ1) is 25.5. The number of nitrogens with one attached hydrogen (secondary N) is 1. The van der Waals surface area contributed by atoms with Crippen LogP contribution in [0.2, 0.25) is 0 Å². The molecule has 46 valence electrons. The van der Waals surface area contributed by atoms with E-state index in [4.69, 9.17) is 5.73 Å². The molecule has 7 heavy (non-hydrogen) atoms. The average Bonchev–Trinajstić information content (AvgIpc) is 1.46. The predicted molar refractivity (Wildman–Crippen MR) is 32.2 cm³/mol. The second-order valence-electron chi connectivity index (χ2n) is 0.447. The van der Waals surface area contributed by atoms with E-state index in [0.717, 1.165) is 0 Å². The van der Waals surface area contributed by atoms with Crippen LogP contribution in [0.1, 0.15) is 7.43 Å². The van der Waals surface area contributed by atoms with Gasteiger partial charge in [0.05, 0.1) is 0 Å². The summed E-state index contributed by atoms with van der Waals surface area (Å²) in [5.41, 5.74) is 5.75. The molecule has 1 N–H and O–H groups in total. The maximum Gasteiger partial charge on any atom is 2.00 e. The Bertz CT molecular complexity index is 9.65. The van der Waals surface area contributed by atoms with E-state index in [9.17, 15) is 0 Å². The van der Waals surface area contributed by atoms with E-state index in [0.29, 0.717) is 0 Å². The van der Waals surface area contributed by atoms with Crippen molar-refractivity contribution in [1.29, 1.82) is 0 Å². The molecule has 0 radical (unpaired) electrons. The Balaban J connectivity index is -0.0000000105. The van der Waals surface area contributed by atoms with Gasteiger partial charge in [-0.2, -0.15) is 21.1 Å². The molecule has 0 heterocycles. The van der Waals surface area contributed by atoms with Crippen molar-refractivity contribution < 1.29 is 21.1 Å². The Hall–Kier alpha value is 0.608. The van der Waals surface area contributed by atoms with Gasteiger partial charge in [0.2, 0.25) is 0 Å². The van der Waals surface area contributed by atoms with Crippen LogP contribution in [0.15, 0.2) is 0 Å². The van der Waals surface area contributed by atoms with Gasteiger partial charge in [-0.25, -0.2) is 0 Å². The second kappa shape index (κ2) is 80.4. The van der Waals surface area contributed by atoms with Gasteiger partial charge < -0.3 is 11.1 Å². The van der Waals surface area contributed by atoms with Crippen molar-refractivity contribution in [2.75, 3.05) is 21.1 Å². The molecule has 0 bridgehead atoms. The fraction of sp³-hybridized carbons (Fsp3) is 1.00. The summed E-state index contributed by atoms with van der Waals surface area (Å²) in [6.07, 6.45) is 0. The summed E-state index contributed by atoms with van der Waals surface area (Å²) in [4.78, 5) is 0. The van der Waals surface area contributed by atoms with E-state index in [1.165, 1.54) is 7.05 Å². The monoisotopic (exact) mass is 274 g/mol. The molecule has 0 spiro atoms. The third kappa shape index (κ3) is 379. The molecule has 0 fully saturated rings. The van der Waals surface area contributed by atoms with Gasteiger partial charge in [0, 0.05) is 0 Å². The zero-order valence-corrected chi connectivity index (χ0v) is 7.29.